The number of carbonyl (C=O) groups excluding carboxylic acids is 1. The molecule has 1 aliphatic carbocycles. The third-order valence-corrected chi connectivity index (χ3v) is 7.73. The standard InChI is InChI=1S/C29H36N4O/c1-3-32-15-17-33(18-16-32)27-19-21(2)25-20-24(13-14-26(25)31-27)30-29(34)28(23-11-7-8-12-23)22-9-5-4-6-10-22/h4-6,9-10,13-14,19-20,23,28H,3,7-8,11-12,15-18H2,1-2H3,(H,30,34)/t28-/m0/s1. The minimum Gasteiger partial charge on any atom is -0.354 e. The summed E-state index contributed by atoms with van der Waals surface area (Å²) in [6.07, 6.45) is 4.70. The summed E-state index contributed by atoms with van der Waals surface area (Å²) >= 11 is 0. The molecule has 0 bridgehead atoms. The van der Waals surface area contributed by atoms with Gasteiger partial charge in [0.25, 0.3) is 0 Å². The molecule has 2 fully saturated rings. The average Bonchev–Trinajstić information content (AvgIpc) is 3.39. The molecule has 3 aromatic rings. The molecule has 0 radical (unpaired) electrons. The highest BCUT2D eigenvalue weighted by molar-refractivity contribution is 5.98. The van der Waals surface area contributed by atoms with Crippen LogP contribution in [0.1, 0.15) is 49.7 Å². The van der Waals surface area contributed by atoms with Crippen molar-refractivity contribution in [3.8, 4) is 0 Å². The van der Waals surface area contributed by atoms with E-state index in [1.807, 2.05) is 24.3 Å². The fourth-order valence-corrected chi connectivity index (χ4v) is 5.72. The molecular weight excluding hydrogens is 420 g/mol. The second kappa shape index (κ2) is 10.1. The van der Waals surface area contributed by atoms with Crippen LogP contribution in [0.25, 0.3) is 10.9 Å². The van der Waals surface area contributed by atoms with Gasteiger partial charge < -0.3 is 15.1 Å². The number of hydrogen-bond acceptors (Lipinski definition) is 4. The summed E-state index contributed by atoms with van der Waals surface area (Å²) in [5.41, 5.74) is 4.16. The summed E-state index contributed by atoms with van der Waals surface area (Å²) in [6.45, 7) is 9.68. The van der Waals surface area contributed by atoms with Crippen LogP contribution in [0.5, 0.6) is 0 Å². The second-order valence-corrected chi connectivity index (χ2v) is 9.87. The number of rotatable bonds is 6. The van der Waals surface area contributed by atoms with Gasteiger partial charge in [0, 0.05) is 37.3 Å². The van der Waals surface area contributed by atoms with Crippen molar-refractivity contribution in [2.45, 2.75) is 45.4 Å². The third kappa shape index (κ3) is 4.80. The van der Waals surface area contributed by atoms with Crippen LogP contribution in [0.2, 0.25) is 0 Å². The minimum atomic E-state index is -0.0946. The third-order valence-electron chi connectivity index (χ3n) is 7.73. The quantitative estimate of drug-likeness (QED) is 0.525. The topological polar surface area (TPSA) is 48.5 Å². The number of benzene rings is 2. The van der Waals surface area contributed by atoms with Crippen molar-refractivity contribution in [3.63, 3.8) is 0 Å². The number of amides is 1. The monoisotopic (exact) mass is 456 g/mol. The Balaban J connectivity index is 1.36. The molecule has 1 atom stereocenters. The van der Waals surface area contributed by atoms with Gasteiger partial charge in [0.15, 0.2) is 0 Å². The van der Waals surface area contributed by atoms with E-state index in [-0.39, 0.29) is 11.8 Å². The molecule has 5 nitrogen and oxygen atoms in total. The van der Waals surface area contributed by atoms with E-state index in [4.69, 9.17) is 4.98 Å². The first-order valence-corrected chi connectivity index (χ1v) is 12.9. The van der Waals surface area contributed by atoms with E-state index in [1.54, 1.807) is 0 Å². The van der Waals surface area contributed by atoms with Gasteiger partial charge in [0.2, 0.25) is 5.91 Å². The first kappa shape index (κ1) is 22.9. The van der Waals surface area contributed by atoms with Crippen LogP contribution >= 0.6 is 0 Å². The van der Waals surface area contributed by atoms with Gasteiger partial charge in [-0.2, -0.15) is 0 Å². The van der Waals surface area contributed by atoms with Crippen LogP contribution in [0, 0.1) is 12.8 Å². The number of piperazine rings is 1. The molecule has 0 spiro atoms. The lowest BCUT2D eigenvalue weighted by atomic mass is 9.84. The Hall–Kier alpha value is -2.92. The van der Waals surface area contributed by atoms with Gasteiger partial charge in [-0.15, -0.1) is 0 Å². The number of nitrogens with zero attached hydrogens (tertiary/aromatic N) is 3. The average molecular weight is 457 g/mol. The maximum atomic E-state index is 13.5. The van der Waals surface area contributed by atoms with E-state index < -0.39 is 0 Å². The number of aryl methyl sites for hydroxylation is 1. The molecule has 2 heterocycles. The molecular formula is C29H36N4O. The summed E-state index contributed by atoms with van der Waals surface area (Å²) in [6, 6.07) is 18.6. The summed E-state index contributed by atoms with van der Waals surface area (Å²) in [7, 11) is 0. The summed E-state index contributed by atoms with van der Waals surface area (Å²) in [4.78, 5) is 23.3. The maximum absolute atomic E-state index is 13.5. The van der Waals surface area contributed by atoms with Crippen molar-refractivity contribution >= 4 is 28.3 Å². The first-order chi connectivity index (χ1) is 16.6. The zero-order valence-electron chi connectivity index (χ0n) is 20.5. The van der Waals surface area contributed by atoms with E-state index in [2.05, 4.69) is 59.3 Å². The lowest BCUT2D eigenvalue weighted by Crippen LogP contribution is -2.46. The Morgan fingerprint density at radius 1 is 1.03 bits per heavy atom. The predicted octanol–water partition coefficient (Wildman–Crippen LogP) is 5.60. The van der Waals surface area contributed by atoms with Crippen molar-refractivity contribution in [2.24, 2.45) is 5.92 Å². The number of nitrogens with one attached hydrogen (secondary N) is 1. The molecule has 1 aromatic heterocycles. The Morgan fingerprint density at radius 2 is 1.76 bits per heavy atom. The SMILES string of the molecule is CCN1CCN(c2cc(C)c3cc(NC(=O)[C@@H](c4ccccc4)C4CCCC4)ccc3n2)CC1. The summed E-state index contributed by atoms with van der Waals surface area (Å²) in [5, 5.41) is 4.35. The molecule has 178 valence electrons. The largest absolute Gasteiger partial charge is 0.354 e. The Bertz CT molecular complexity index is 1130. The smallest absolute Gasteiger partial charge is 0.232 e. The Labute approximate surface area is 203 Å². The van der Waals surface area contributed by atoms with Crippen molar-refractivity contribution < 1.29 is 4.79 Å². The highest BCUT2D eigenvalue weighted by Gasteiger charge is 2.32. The molecule has 2 aromatic carbocycles. The van der Waals surface area contributed by atoms with E-state index >= 15 is 0 Å². The van der Waals surface area contributed by atoms with E-state index in [0.717, 1.165) is 73.5 Å². The van der Waals surface area contributed by atoms with Gasteiger partial charge >= 0.3 is 0 Å². The second-order valence-electron chi connectivity index (χ2n) is 9.87. The number of pyridine rings is 1. The maximum Gasteiger partial charge on any atom is 0.232 e. The van der Waals surface area contributed by atoms with Crippen LogP contribution < -0.4 is 10.2 Å². The zero-order chi connectivity index (χ0) is 23.5. The molecule has 0 unspecified atom stereocenters. The highest BCUT2D eigenvalue weighted by Crippen LogP contribution is 2.38. The van der Waals surface area contributed by atoms with Gasteiger partial charge in [0.1, 0.15) is 5.82 Å². The van der Waals surface area contributed by atoms with E-state index in [9.17, 15) is 4.79 Å². The molecule has 1 amide bonds. The fraction of sp³-hybridized carbons (Fsp3) is 0.448. The van der Waals surface area contributed by atoms with E-state index in [0.29, 0.717) is 5.92 Å². The minimum absolute atomic E-state index is 0.0946. The Kier molecular flexibility index (Phi) is 6.82. The number of anilines is 2. The van der Waals surface area contributed by atoms with Crippen molar-refractivity contribution in [1.82, 2.24) is 9.88 Å². The molecule has 1 saturated carbocycles. The number of carbonyl (C=O) groups is 1. The summed E-state index contributed by atoms with van der Waals surface area (Å²) < 4.78 is 0. The van der Waals surface area contributed by atoms with Gasteiger partial charge in [-0.25, -0.2) is 4.98 Å². The number of likely N-dealkylation sites (N-methyl/N-ethyl adjacent to an activating group) is 1. The molecule has 5 heteroatoms. The summed E-state index contributed by atoms with van der Waals surface area (Å²) in [5.74, 6) is 1.49. The van der Waals surface area contributed by atoms with Crippen LogP contribution in [-0.4, -0.2) is 48.5 Å². The first-order valence-electron chi connectivity index (χ1n) is 12.9. The van der Waals surface area contributed by atoms with Gasteiger partial charge in [0.05, 0.1) is 11.4 Å². The van der Waals surface area contributed by atoms with Crippen LogP contribution in [-0.2, 0) is 4.79 Å². The fourth-order valence-electron chi connectivity index (χ4n) is 5.72. The van der Waals surface area contributed by atoms with Gasteiger partial charge in [-0.1, -0.05) is 50.1 Å². The molecule has 5 rings (SSSR count). The molecule has 1 N–H and O–H groups in total. The molecule has 1 saturated heterocycles. The van der Waals surface area contributed by atoms with Crippen molar-refractivity contribution in [1.29, 1.82) is 0 Å². The van der Waals surface area contributed by atoms with Gasteiger partial charge in [-0.05, 0) is 67.6 Å². The Morgan fingerprint density at radius 3 is 2.47 bits per heavy atom. The number of fused-ring (bicyclic) bond motifs is 1. The number of hydrogen-bond donors (Lipinski definition) is 1. The van der Waals surface area contributed by atoms with E-state index in [1.165, 1.54) is 18.4 Å². The van der Waals surface area contributed by atoms with Crippen LogP contribution in [0.3, 0.4) is 0 Å². The molecule has 2 aliphatic rings. The zero-order valence-corrected chi connectivity index (χ0v) is 20.5. The highest BCUT2D eigenvalue weighted by atomic mass is 16.1. The predicted molar refractivity (Wildman–Crippen MR) is 141 cm³/mol. The molecule has 1 aliphatic heterocycles. The molecule has 34 heavy (non-hydrogen) atoms. The number of aromatic nitrogens is 1. The van der Waals surface area contributed by atoms with Crippen molar-refractivity contribution in [2.75, 3.05) is 42.9 Å². The van der Waals surface area contributed by atoms with Crippen LogP contribution in [0.4, 0.5) is 11.5 Å². The normalized spacial score (nSPS) is 18.4. The van der Waals surface area contributed by atoms with Crippen molar-refractivity contribution in [3.05, 3.63) is 65.7 Å². The van der Waals surface area contributed by atoms with Gasteiger partial charge in [-0.3, -0.25) is 4.79 Å². The lowest BCUT2D eigenvalue weighted by molar-refractivity contribution is -0.118. The van der Waals surface area contributed by atoms with Crippen LogP contribution in [0.15, 0.2) is 54.6 Å². The lowest BCUT2D eigenvalue weighted by Gasteiger charge is -2.35.